The van der Waals surface area contributed by atoms with E-state index in [1.807, 2.05) is 0 Å². The lowest BCUT2D eigenvalue weighted by Crippen LogP contribution is -2.33. The van der Waals surface area contributed by atoms with Crippen LogP contribution in [0, 0.1) is 5.92 Å². The molecule has 0 bridgehead atoms. The number of carbonyl (C=O) groups is 4. The number of carboxylic acids is 2. The van der Waals surface area contributed by atoms with Crippen LogP contribution in [-0.4, -0.2) is 68.6 Å². The Hall–Kier alpha value is -6.70. The number of aromatic hydroxyl groups is 4. The van der Waals surface area contributed by atoms with Crippen LogP contribution in [0.15, 0.2) is 78.4 Å². The lowest BCUT2D eigenvalue weighted by atomic mass is 9.88. The van der Waals surface area contributed by atoms with Gasteiger partial charge in [0, 0.05) is 5.57 Å². The van der Waals surface area contributed by atoms with Crippen molar-refractivity contribution in [3.8, 4) is 34.5 Å². The third-order valence-corrected chi connectivity index (χ3v) is 7.71. The molecular weight excluding hydrogens is 628 g/mol. The van der Waals surface area contributed by atoms with Gasteiger partial charge in [-0.3, -0.25) is 14.5 Å². The third kappa shape index (κ3) is 6.09. The third-order valence-electron chi connectivity index (χ3n) is 7.71. The van der Waals surface area contributed by atoms with Gasteiger partial charge >= 0.3 is 11.9 Å². The fraction of sp³-hybridized carbons (Fsp3) is 0.118. The highest BCUT2D eigenvalue weighted by Gasteiger charge is 2.50. The summed E-state index contributed by atoms with van der Waals surface area (Å²) < 4.78 is 10.5. The Labute approximate surface area is 272 Å². The van der Waals surface area contributed by atoms with Crippen molar-refractivity contribution in [3.05, 3.63) is 101 Å². The molecule has 246 valence electrons. The molecule has 7 N–H and O–H groups in total. The van der Waals surface area contributed by atoms with Gasteiger partial charge in [-0.25, -0.2) is 9.59 Å². The average molecular weight is 657 g/mol. The number of nitrogens with zero attached hydrogens (tertiary/aromatic N) is 1. The maximum Gasteiger partial charge on any atom is 0.337 e. The molecule has 14 heteroatoms. The Bertz CT molecular complexity index is 2000. The number of methoxy groups -OCH3 is 2. The monoisotopic (exact) mass is 656 g/mol. The van der Waals surface area contributed by atoms with Gasteiger partial charge in [0.1, 0.15) is 11.5 Å². The normalized spacial score (nSPS) is 16.5. The van der Waals surface area contributed by atoms with Crippen molar-refractivity contribution in [3.63, 3.8) is 0 Å². The van der Waals surface area contributed by atoms with Crippen molar-refractivity contribution >= 4 is 41.2 Å². The largest absolute Gasteiger partial charge is 0.508 e. The zero-order chi connectivity index (χ0) is 34.9. The molecule has 0 spiro atoms. The number of phenolic OH excluding ortho intramolecular Hbond substituents is 4. The number of phenols is 4. The predicted octanol–water partition coefficient (Wildman–Crippen LogP) is 4.35. The summed E-state index contributed by atoms with van der Waals surface area (Å²) >= 11 is 0. The van der Waals surface area contributed by atoms with Crippen LogP contribution in [0.4, 0.5) is 11.4 Å². The topological polar surface area (TPSA) is 223 Å². The van der Waals surface area contributed by atoms with E-state index in [0.29, 0.717) is 5.56 Å². The molecule has 0 aliphatic carbocycles. The highest BCUT2D eigenvalue weighted by Crippen LogP contribution is 2.48. The van der Waals surface area contributed by atoms with Crippen LogP contribution in [-0.2, 0) is 9.59 Å². The van der Waals surface area contributed by atoms with Crippen LogP contribution >= 0.6 is 0 Å². The number of hydrogen-bond acceptors (Lipinski definition) is 10. The van der Waals surface area contributed by atoms with E-state index < -0.39 is 52.6 Å². The average Bonchev–Trinajstić information content (AvgIpc) is 3.33. The van der Waals surface area contributed by atoms with Gasteiger partial charge in [-0.05, 0) is 77.9 Å². The summed E-state index contributed by atoms with van der Waals surface area (Å²) in [5.41, 5.74) is -1.00. The summed E-state index contributed by atoms with van der Waals surface area (Å²) in [6.45, 7) is 0. The summed E-state index contributed by atoms with van der Waals surface area (Å²) in [7, 11) is 2.60. The Morgan fingerprint density at radius 1 is 0.750 bits per heavy atom. The van der Waals surface area contributed by atoms with E-state index >= 15 is 0 Å². The van der Waals surface area contributed by atoms with Crippen molar-refractivity contribution in [2.75, 3.05) is 24.4 Å². The molecule has 1 heterocycles. The number of carboxylic acid groups (broad SMARTS) is 2. The highest BCUT2D eigenvalue weighted by atomic mass is 16.5. The fourth-order valence-electron chi connectivity index (χ4n) is 5.53. The molecule has 4 aromatic carbocycles. The second kappa shape index (κ2) is 13.0. The number of benzene rings is 4. The van der Waals surface area contributed by atoms with Gasteiger partial charge in [0.2, 0.25) is 5.91 Å². The molecule has 0 aromatic heterocycles. The van der Waals surface area contributed by atoms with E-state index in [4.69, 9.17) is 9.47 Å². The van der Waals surface area contributed by atoms with Crippen molar-refractivity contribution in [2.45, 2.75) is 6.04 Å². The summed E-state index contributed by atoms with van der Waals surface area (Å²) in [6, 6.07) is 13.4. The zero-order valence-corrected chi connectivity index (χ0v) is 25.2. The summed E-state index contributed by atoms with van der Waals surface area (Å²) in [4.78, 5) is 54.3. The minimum absolute atomic E-state index is 0.0318. The number of rotatable bonds is 9. The van der Waals surface area contributed by atoms with Gasteiger partial charge < -0.3 is 45.4 Å². The minimum Gasteiger partial charge on any atom is -0.508 e. The van der Waals surface area contributed by atoms with Crippen molar-refractivity contribution < 1.29 is 59.3 Å². The molecule has 1 fully saturated rings. The number of amides is 2. The molecular formula is C34H28N2O12. The molecule has 5 rings (SSSR count). The van der Waals surface area contributed by atoms with E-state index in [9.17, 15) is 49.8 Å². The second-order valence-corrected chi connectivity index (χ2v) is 10.6. The van der Waals surface area contributed by atoms with E-state index in [1.165, 1.54) is 74.9 Å². The highest BCUT2D eigenvalue weighted by molar-refractivity contribution is 6.19. The lowest BCUT2D eigenvalue weighted by molar-refractivity contribution is -0.119. The van der Waals surface area contributed by atoms with E-state index in [2.05, 4.69) is 5.32 Å². The van der Waals surface area contributed by atoms with E-state index in [-0.39, 0.29) is 51.3 Å². The Morgan fingerprint density at radius 3 is 1.96 bits per heavy atom. The molecule has 2 amide bonds. The van der Waals surface area contributed by atoms with Crippen molar-refractivity contribution in [1.82, 2.24) is 0 Å². The van der Waals surface area contributed by atoms with Crippen LogP contribution < -0.4 is 19.7 Å². The molecule has 1 aliphatic rings. The van der Waals surface area contributed by atoms with Gasteiger partial charge in [0.05, 0.1) is 48.7 Å². The zero-order valence-electron chi connectivity index (χ0n) is 25.2. The fourth-order valence-corrected chi connectivity index (χ4v) is 5.53. The predicted molar refractivity (Wildman–Crippen MR) is 170 cm³/mol. The van der Waals surface area contributed by atoms with Crippen molar-refractivity contribution in [2.24, 2.45) is 5.92 Å². The Kier molecular flexibility index (Phi) is 8.83. The molecule has 48 heavy (non-hydrogen) atoms. The van der Waals surface area contributed by atoms with Gasteiger partial charge in [0.25, 0.3) is 5.91 Å². The first-order chi connectivity index (χ1) is 22.8. The summed E-state index contributed by atoms with van der Waals surface area (Å²) in [5.74, 6) is -7.43. The maximum absolute atomic E-state index is 14.5. The van der Waals surface area contributed by atoms with Gasteiger partial charge in [-0.1, -0.05) is 12.1 Å². The molecule has 4 aromatic rings. The number of anilines is 2. The molecule has 0 saturated carbocycles. The van der Waals surface area contributed by atoms with Crippen LogP contribution in [0.5, 0.6) is 34.5 Å². The smallest absolute Gasteiger partial charge is 0.337 e. The first-order valence-corrected chi connectivity index (χ1v) is 14.1. The van der Waals surface area contributed by atoms with E-state index in [0.717, 1.165) is 23.1 Å². The maximum atomic E-state index is 14.5. The van der Waals surface area contributed by atoms with Crippen LogP contribution in [0.3, 0.4) is 0 Å². The molecule has 2 atom stereocenters. The van der Waals surface area contributed by atoms with Crippen LogP contribution in [0.25, 0.3) is 6.08 Å². The standard InChI is InChI=1S/C34H28N2O12/c1-47-27-12-16(3-9-25(27)39)11-22-29(31(41)35-23-7-5-18(37)14-20(23)33(43)44)30(17-4-10-26(40)28(13-17)48-2)36(32(22)42)24-8-6-19(38)15-21(24)34(45)46/h3-15,29-30,37-40H,1-2H3,(H,35,41)(H,43,44)(H,45,46)/b22-11+/t29-,30+/m1/s1. The Morgan fingerprint density at radius 2 is 1.33 bits per heavy atom. The molecule has 0 unspecified atom stereocenters. The van der Waals surface area contributed by atoms with E-state index in [1.54, 1.807) is 0 Å². The SMILES string of the molecule is COc1cc(/C=C2/C(=O)N(c3ccc(O)cc3C(=O)O)[C@@H](c3ccc(O)c(OC)c3)[C@@H]2C(=O)Nc2ccc(O)cc2C(=O)O)ccc1O. The molecule has 1 saturated heterocycles. The first-order valence-electron chi connectivity index (χ1n) is 14.1. The number of hydrogen-bond donors (Lipinski definition) is 7. The first kappa shape index (κ1) is 32.7. The molecule has 14 nitrogen and oxygen atoms in total. The molecule has 1 aliphatic heterocycles. The second-order valence-electron chi connectivity index (χ2n) is 10.6. The minimum atomic E-state index is -1.50. The Balaban J connectivity index is 1.80. The number of carbonyl (C=O) groups excluding carboxylic acids is 2. The number of ether oxygens (including phenoxy) is 2. The van der Waals surface area contributed by atoms with Crippen LogP contribution in [0.1, 0.15) is 37.9 Å². The summed E-state index contributed by atoms with van der Waals surface area (Å²) in [6.07, 6.45) is 1.34. The van der Waals surface area contributed by atoms with Gasteiger partial charge in [-0.2, -0.15) is 0 Å². The molecule has 0 radical (unpaired) electrons. The number of aromatic carboxylic acids is 2. The van der Waals surface area contributed by atoms with Crippen LogP contribution in [0.2, 0.25) is 0 Å². The summed E-state index contributed by atoms with van der Waals surface area (Å²) in [5, 5.41) is 62.8. The van der Waals surface area contributed by atoms with Gasteiger partial charge in [0.15, 0.2) is 23.0 Å². The lowest BCUT2D eigenvalue weighted by Gasteiger charge is -2.29. The van der Waals surface area contributed by atoms with Crippen molar-refractivity contribution in [1.29, 1.82) is 0 Å². The van der Waals surface area contributed by atoms with Gasteiger partial charge in [-0.15, -0.1) is 0 Å². The number of nitrogens with one attached hydrogen (secondary N) is 1. The quantitative estimate of drug-likeness (QED) is 0.0987.